The summed E-state index contributed by atoms with van der Waals surface area (Å²) >= 11 is 5.89. The monoisotopic (exact) mass is 407 g/mol. The zero-order valence-electron chi connectivity index (χ0n) is 15.7. The van der Waals surface area contributed by atoms with Crippen LogP contribution >= 0.6 is 11.6 Å². The summed E-state index contributed by atoms with van der Waals surface area (Å²) in [5, 5.41) is 3.66. The van der Waals surface area contributed by atoms with Gasteiger partial charge >= 0.3 is 6.03 Å². The highest BCUT2D eigenvalue weighted by molar-refractivity contribution is 6.39. The van der Waals surface area contributed by atoms with Crippen LogP contribution in [0.4, 0.5) is 10.5 Å². The number of hydrogen-bond acceptors (Lipinski definition) is 3. The molecule has 0 aliphatic carbocycles. The molecule has 1 N–H and O–H groups in total. The Hall–Kier alpha value is -3.38. The van der Waals surface area contributed by atoms with Gasteiger partial charge in [-0.3, -0.25) is 14.9 Å². The maximum absolute atomic E-state index is 13.0. The van der Waals surface area contributed by atoms with Crippen LogP contribution in [0.2, 0.25) is 5.02 Å². The second-order valence-corrected chi connectivity index (χ2v) is 7.17. The van der Waals surface area contributed by atoms with Gasteiger partial charge in [0.2, 0.25) is 0 Å². The molecule has 2 heterocycles. The molecule has 0 bridgehead atoms. The van der Waals surface area contributed by atoms with E-state index >= 15 is 0 Å². The fourth-order valence-corrected chi connectivity index (χ4v) is 3.58. The lowest BCUT2D eigenvalue weighted by Gasteiger charge is -2.26. The third kappa shape index (κ3) is 3.43. The Labute approximate surface area is 172 Å². The van der Waals surface area contributed by atoms with E-state index in [-0.39, 0.29) is 5.57 Å². The molecule has 1 fully saturated rings. The Balaban J connectivity index is 1.79. The number of rotatable bonds is 4. The number of hydrogen-bond donors (Lipinski definition) is 1. The lowest BCUT2D eigenvalue weighted by atomic mass is 10.1. The first-order valence-electron chi connectivity index (χ1n) is 9.24. The summed E-state index contributed by atoms with van der Waals surface area (Å²) in [4.78, 5) is 38.7. The second-order valence-electron chi connectivity index (χ2n) is 6.73. The Morgan fingerprint density at radius 2 is 1.76 bits per heavy atom. The van der Waals surface area contributed by atoms with E-state index in [2.05, 4.69) is 16.8 Å². The molecule has 1 aromatic heterocycles. The number of nitrogens with one attached hydrogen (secondary N) is 1. The van der Waals surface area contributed by atoms with Gasteiger partial charge in [-0.25, -0.2) is 9.69 Å². The molecule has 0 saturated carbocycles. The van der Waals surface area contributed by atoms with Crippen LogP contribution in [0.1, 0.15) is 18.9 Å². The molecule has 4 rings (SSSR count). The first kappa shape index (κ1) is 19.0. The van der Waals surface area contributed by atoms with E-state index in [0.29, 0.717) is 10.7 Å². The average molecular weight is 408 g/mol. The molecule has 0 spiro atoms. The van der Waals surface area contributed by atoms with E-state index < -0.39 is 17.8 Å². The molecule has 1 saturated heterocycles. The Morgan fingerprint density at radius 3 is 2.48 bits per heavy atom. The van der Waals surface area contributed by atoms with E-state index in [4.69, 9.17) is 11.6 Å². The number of halogens is 1. The van der Waals surface area contributed by atoms with Gasteiger partial charge in [-0.1, -0.05) is 36.7 Å². The molecule has 0 unspecified atom stereocenters. The Morgan fingerprint density at radius 1 is 1.03 bits per heavy atom. The zero-order chi connectivity index (χ0) is 20.5. The standard InChI is InChI=1S/C22H18ClN3O3/c1-2-11-25-13-14(17-5-3-4-6-19(17)25)12-18-20(27)24-22(29)26(21(18)28)16-9-7-15(23)8-10-16/h3-10,12-13H,2,11H2,1H3,(H,24,27,29)/b18-12+. The Kier molecular flexibility index (Phi) is 4.94. The lowest BCUT2D eigenvalue weighted by molar-refractivity contribution is -0.122. The summed E-state index contributed by atoms with van der Waals surface area (Å²) in [5.74, 6) is -1.38. The summed E-state index contributed by atoms with van der Waals surface area (Å²) in [6.45, 7) is 2.90. The molecule has 1 aliphatic heterocycles. The zero-order valence-corrected chi connectivity index (χ0v) is 16.4. The van der Waals surface area contributed by atoms with Gasteiger partial charge in [0.1, 0.15) is 5.57 Å². The number of fused-ring (bicyclic) bond motifs is 1. The number of imide groups is 2. The predicted molar refractivity (Wildman–Crippen MR) is 113 cm³/mol. The van der Waals surface area contributed by atoms with Crippen LogP contribution in [-0.2, 0) is 16.1 Å². The van der Waals surface area contributed by atoms with Crippen molar-refractivity contribution < 1.29 is 14.4 Å². The van der Waals surface area contributed by atoms with Crippen LogP contribution in [-0.4, -0.2) is 22.4 Å². The average Bonchev–Trinajstić information content (AvgIpc) is 3.04. The van der Waals surface area contributed by atoms with Crippen LogP contribution in [0.3, 0.4) is 0 Å². The minimum atomic E-state index is -0.784. The van der Waals surface area contributed by atoms with Crippen LogP contribution in [0.15, 0.2) is 60.3 Å². The van der Waals surface area contributed by atoms with Gasteiger partial charge in [0.05, 0.1) is 5.69 Å². The molecule has 4 amide bonds. The molecule has 0 atom stereocenters. The highest BCUT2D eigenvalue weighted by atomic mass is 35.5. The number of aryl methyl sites for hydroxylation is 1. The van der Waals surface area contributed by atoms with Crippen molar-refractivity contribution in [1.29, 1.82) is 0 Å². The molecule has 3 aromatic rings. The van der Waals surface area contributed by atoms with Crippen molar-refractivity contribution in [2.45, 2.75) is 19.9 Å². The van der Waals surface area contributed by atoms with E-state index in [1.165, 1.54) is 0 Å². The number of barbiturate groups is 1. The van der Waals surface area contributed by atoms with E-state index in [1.807, 2.05) is 30.5 Å². The maximum Gasteiger partial charge on any atom is 0.335 e. The van der Waals surface area contributed by atoms with E-state index in [0.717, 1.165) is 34.3 Å². The molecule has 2 aromatic carbocycles. The summed E-state index contributed by atoms with van der Waals surface area (Å²) in [6.07, 6.45) is 4.42. The van der Waals surface area contributed by atoms with E-state index in [1.54, 1.807) is 30.3 Å². The third-order valence-electron chi connectivity index (χ3n) is 4.77. The molecular formula is C22H18ClN3O3. The molecule has 6 nitrogen and oxygen atoms in total. The number of urea groups is 1. The topological polar surface area (TPSA) is 71.4 Å². The van der Waals surface area contributed by atoms with Crippen molar-refractivity contribution in [3.8, 4) is 0 Å². The highest BCUT2D eigenvalue weighted by Gasteiger charge is 2.36. The summed E-state index contributed by atoms with van der Waals surface area (Å²) in [6, 6.07) is 13.3. The SMILES string of the molecule is CCCn1cc(/C=C2\C(=O)NC(=O)N(c3ccc(Cl)cc3)C2=O)c2ccccc21. The predicted octanol–water partition coefficient (Wildman–Crippen LogP) is 4.37. The number of anilines is 1. The summed E-state index contributed by atoms with van der Waals surface area (Å²) in [7, 11) is 0. The first-order chi connectivity index (χ1) is 14.0. The summed E-state index contributed by atoms with van der Waals surface area (Å²) < 4.78 is 2.09. The van der Waals surface area contributed by atoms with Crippen molar-refractivity contribution in [1.82, 2.24) is 9.88 Å². The molecule has 29 heavy (non-hydrogen) atoms. The van der Waals surface area contributed by atoms with Crippen molar-refractivity contribution in [3.63, 3.8) is 0 Å². The quantitative estimate of drug-likeness (QED) is 0.515. The number of aromatic nitrogens is 1. The van der Waals surface area contributed by atoms with E-state index in [9.17, 15) is 14.4 Å². The fourth-order valence-electron chi connectivity index (χ4n) is 3.45. The normalized spacial score (nSPS) is 16.0. The smallest absolute Gasteiger partial charge is 0.335 e. The molecule has 0 radical (unpaired) electrons. The van der Waals surface area contributed by atoms with Gasteiger partial charge in [-0.15, -0.1) is 0 Å². The molecule has 7 heteroatoms. The number of para-hydroxylation sites is 1. The first-order valence-corrected chi connectivity index (χ1v) is 9.62. The number of carbonyl (C=O) groups excluding carboxylic acids is 3. The Bertz CT molecular complexity index is 1160. The van der Waals surface area contributed by atoms with Gasteiger partial charge < -0.3 is 4.57 Å². The largest absolute Gasteiger partial charge is 0.347 e. The van der Waals surface area contributed by atoms with Crippen LogP contribution < -0.4 is 10.2 Å². The number of benzene rings is 2. The lowest BCUT2D eigenvalue weighted by Crippen LogP contribution is -2.54. The van der Waals surface area contributed by atoms with Gasteiger partial charge in [-0.05, 0) is 42.8 Å². The highest BCUT2D eigenvalue weighted by Crippen LogP contribution is 2.27. The van der Waals surface area contributed by atoms with Gasteiger partial charge in [0, 0.05) is 34.2 Å². The molecule has 146 valence electrons. The minimum absolute atomic E-state index is 0.0982. The van der Waals surface area contributed by atoms with Gasteiger partial charge in [-0.2, -0.15) is 0 Å². The van der Waals surface area contributed by atoms with Crippen molar-refractivity contribution in [3.05, 3.63) is 70.9 Å². The third-order valence-corrected chi connectivity index (χ3v) is 5.02. The number of amides is 4. The van der Waals surface area contributed by atoms with Crippen LogP contribution in [0, 0.1) is 0 Å². The number of nitrogens with zero attached hydrogens (tertiary/aromatic N) is 2. The summed E-state index contributed by atoms with van der Waals surface area (Å²) in [5.41, 5.74) is 2.01. The van der Waals surface area contributed by atoms with Crippen molar-refractivity contribution in [2.75, 3.05) is 4.90 Å². The molecular weight excluding hydrogens is 390 g/mol. The van der Waals surface area contributed by atoms with Crippen LogP contribution in [0.25, 0.3) is 17.0 Å². The van der Waals surface area contributed by atoms with Gasteiger partial charge in [0.25, 0.3) is 11.8 Å². The second kappa shape index (κ2) is 7.56. The minimum Gasteiger partial charge on any atom is -0.347 e. The van der Waals surface area contributed by atoms with Crippen LogP contribution in [0.5, 0.6) is 0 Å². The molecule has 1 aliphatic rings. The van der Waals surface area contributed by atoms with Crippen molar-refractivity contribution in [2.24, 2.45) is 0 Å². The number of carbonyl (C=O) groups is 3. The maximum atomic E-state index is 13.0. The fraction of sp³-hybridized carbons (Fsp3) is 0.136. The van der Waals surface area contributed by atoms with Crippen molar-refractivity contribution >= 4 is 52.1 Å². The van der Waals surface area contributed by atoms with Gasteiger partial charge in [0.15, 0.2) is 0 Å².